The molecule has 3 rings (SSSR count). The zero-order chi connectivity index (χ0) is 21.1. The van der Waals surface area contributed by atoms with E-state index in [2.05, 4.69) is 39.2 Å². The summed E-state index contributed by atoms with van der Waals surface area (Å²) in [6, 6.07) is 8.13. The maximum absolute atomic E-state index is 12.9. The number of nitrogens with zero attached hydrogens (tertiary/aromatic N) is 2. The topological polar surface area (TPSA) is 101 Å². The van der Waals surface area contributed by atoms with Gasteiger partial charge in [0, 0.05) is 11.3 Å². The van der Waals surface area contributed by atoms with Gasteiger partial charge in [-0.05, 0) is 38.3 Å². The third-order valence-corrected chi connectivity index (χ3v) is 5.79. The number of H-pyrrole nitrogens is 2. The largest absolute Gasteiger partial charge is 0.465 e. The second-order valence-electron chi connectivity index (χ2n) is 6.76. The van der Waals surface area contributed by atoms with Crippen LogP contribution in [0.4, 0.5) is 0 Å². The number of methoxy groups -OCH3 is 1. The number of carbonyl (C=O) groups excluding carboxylic acids is 2. The molecule has 0 aliphatic rings. The fourth-order valence-electron chi connectivity index (χ4n) is 3.15. The van der Waals surface area contributed by atoms with Gasteiger partial charge >= 0.3 is 5.97 Å². The molecule has 7 nitrogen and oxygen atoms in total. The summed E-state index contributed by atoms with van der Waals surface area (Å²) in [4.78, 5) is 32.4. The molecule has 0 amide bonds. The van der Waals surface area contributed by atoms with E-state index in [1.807, 2.05) is 12.1 Å². The van der Waals surface area contributed by atoms with Crippen LogP contribution in [0.25, 0.3) is 11.4 Å². The van der Waals surface area contributed by atoms with Gasteiger partial charge in [0.25, 0.3) is 0 Å². The fraction of sp³-hybridized carbons (Fsp3) is 0.333. The second-order valence-corrected chi connectivity index (χ2v) is 8.07. The van der Waals surface area contributed by atoms with Gasteiger partial charge in [-0.15, -0.1) is 5.10 Å². The number of ketones is 1. The molecule has 3 aromatic rings. The Bertz CT molecular complexity index is 1040. The maximum Gasteiger partial charge on any atom is 0.339 e. The van der Waals surface area contributed by atoms with E-state index in [1.54, 1.807) is 20.8 Å². The summed E-state index contributed by atoms with van der Waals surface area (Å²) in [6.07, 6.45) is 0.979. The molecule has 2 N–H and O–H groups in total. The third kappa shape index (κ3) is 4.27. The SMILES string of the molecule is CCc1ccc(-c2nc(S[C@H](C)C(=O)c3[nH]c(C)c(C(=O)OC)c3C)n[nH]2)cc1. The molecule has 1 aromatic carbocycles. The van der Waals surface area contributed by atoms with E-state index in [0.717, 1.165) is 12.0 Å². The zero-order valence-electron chi connectivity index (χ0n) is 17.1. The van der Waals surface area contributed by atoms with Crippen molar-refractivity contribution in [3.63, 3.8) is 0 Å². The van der Waals surface area contributed by atoms with Crippen LogP contribution >= 0.6 is 11.8 Å². The van der Waals surface area contributed by atoms with Gasteiger partial charge in [0.15, 0.2) is 11.6 Å². The Morgan fingerprint density at radius 2 is 1.90 bits per heavy atom. The highest BCUT2D eigenvalue weighted by atomic mass is 32.2. The van der Waals surface area contributed by atoms with Crippen molar-refractivity contribution in [2.24, 2.45) is 0 Å². The van der Waals surface area contributed by atoms with Crippen molar-refractivity contribution < 1.29 is 14.3 Å². The molecule has 0 aliphatic heterocycles. The zero-order valence-corrected chi connectivity index (χ0v) is 17.9. The first-order valence-corrected chi connectivity index (χ1v) is 10.2. The van der Waals surface area contributed by atoms with Crippen molar-refractivity contribution in [3.8, 4) is 11.4 Å². The molecule has 8 heteroatoms. The average molecular weight is 413 g/mol. The van der Waals surface area contributed by atoms with E-state index in [-0.39, 0.29) is 5.78 Å². The number of hydrogen-bond acceptors (Lipinski definition) is 6. The monoisotopic (exact) mass is 412 g/mol. The molecule has 0 fully saturated rings. The van der Waals surface area contributed by atoms with Gasteiger partial charge < -0.3 is 9.72 Å². The quantitative estimate of drug-likeness (QED) is 0.344. The van der Waals surface area contributed by atoms with Crippen LogP contribution < -0.4 is 0 Å². The molecule has 0 aliphatic carbocycles. The highest BCUT2D eigenvalue weighted by Gasteiger charge is 2.26. The molecule has 0 bridgehead atoms. The summed E-state index contributed by atoms with van der Waals surface area (Å²) in [5.74, 6) is 0.0855. The molecular formula is C21H24N4O3S. The lowest BCUT2D eigenvalue weighted by atomic mass is 10.1. The molecule has 1 atom stereocenters. The number of ether oxygens (including phenoxy) is 1. The Labute approximate surface area is 173 Å². The first kappa shape index (κ1) is 20.9. The molecule has 29 heavy (non-hydrogen) atoms. The smallest absolute Gasteiger partial charge is 0.339 e. The molecule has 0 radical (unpaired) electrons. The predicted octanol–water partition coefficient (Wildman–Crippen LogP) is 4.13. The molecule has 0 saturated heterocycles. The minimum absolute atomic E-state index is 0.121. The van der Waals surface area contributed by atoms with Crippen LogP contribution in [-0.4, -0.2) is 44.3 Å². The van der Waals surface area contributed by atoms with Crippen LogP contribution in [0.1, 0.15) is 51.5 Å². The summed E-state index contributed by atoms with van der Waals surface area (Å²) in [5, 5.41) is 7.22. The molecule has 2 heterocycles. The predicted molar refractivity (Wildman–Crippen MR) is 112 cm³/mol. The Morgan fingerprint density at radius 3 is 2.52 bits per heavy atom. The number of thioether (sulfide) groups is 1. The summed E-state index contributed by atoms with van der Waals surface area (Å²) < 4.78 is 4.81. The van der Waals surface area contributed by atoms with Crippen molar-refractivity contribution in [2.45, 2.75) is 44.5 Å². The summed E-state index contributed by atoms with van der Waals surface area (Å²) in [5.41, 5.74) is 4.23. The van der Waals surface area contributed by atoms with Crippen LogP contribution in [-0.2, 0) is 11.2 Å². The van der Waals surface area contributed by atoms with E-state index in [4.69, 9.17) is 4.74 Å². The lowest BCUT2D eigenvalue weighted by Crippen LogP contribution is -2.15. The summed E-state index contributed by atoms with van der Waals surface area (Å²) >= 11 is 1.27. The van der Waals surface area contributed by atoms with Crippen LogP contribution in [0.15, 0.2) is 29.4 Å². The lowest BCUT2D eigenvalue weighted by molar-refractivity contribution is 0.0599. The Hall–Kier alpha value is -2.87. The van der Waals surface area contributed by atoms with E-state index < -0.39 is 11.2 Å². The Balaban J connectivity index is 1.75. The number of benzene rings is 1. The number of nitrogens with one attached hydrogen (secondary N) is 2. The normalized spacial score (nSPS) is 12.0. The van der Waals surface area contributed by atoms with Gasteiger partial charge in [-0.25, -0.2) is 9.78 Å². The van der Waals surface area contributed by atoms with E-state index in [0.29, 0.717) is 33.5 Å². The number of aromatic nitrogens is 4. The van der Waals surface area contributed by atoms with Crippen molar-refractivity contribution in [1.82, 2.24) is 20.2 Å². The molecule has 152 valence electrons. The minimum Gasteiger partial charge on any atom is -0.465 e. The molecule has 0 spiro atoms. The minimum atomic E-state index is -0.455. The molecule has 0 unspecified atom stereocenters. The van der Waals surface area contributed by atoms with Gasteiger partial charge in [-0.3, -0.25) is 9.89 Å². The van der Waals surface area contributed by atoms with Crippen LogP contribution in [0.2, 0.25) is 0 Å². The number of aryl methyl sites for hydroxylation is 2. The van der Waals surface area contributed by atoms with Crippen molar-refractivity contribution in [3.05, 3.63) is 52.3 Å². The number of aromatic amines is 2. The van der Waals surface area contributed by atoms with E-state index in [1.165, 1.54) is 24.4 Å². The number of hydrogen-bond donors (Lipinski definition) is 2. The Morgan fingerprint density at radius 1 is 1.21 bits per heavy atom. The summed E-state index contributed by atoms with van der Waals surface area (Å²) in [6.45, 7) is 7.40. The van der Waals surface area contributed by atoms with Gasteiger partial charge in [0.2, 0.25) is 5.16 Å². The van der Waals surface area contributed by atoms with Crippen molar-refractivity contribution in [2.75, 3.05) is 7.11 Å². The third-order valence-electron chi connectivity index (χ3n) is 4.83. The van der Waals surface area contributed by atoms with Gasteiger partial charge in [0.1, 0.15) is 0 Å². The van der Waals surface area contributed by atoms with E-state index >= 15 is 0 Å². The molecule has 2 aromatic heterocycles. The number of Topliss-reactive ketones (excluding diaryl/α,β-unsaturated/α-hetero) is 1. The first-order chi connectivity index (χ1) is 13.8. The van der Waals surface area contributed by atoms with E-state index in [9.17, 15) is 9.59 Å². The highest BCUT2D eigenvalue weighted by molar-refractivity contribution is 8.00. The first-order valence-electron chi connectivity index (χ1n) is 9.35. The van der Waals surface area contributed by atoms with Gasteiger partial charge in [-0.1, -0.05) is 43.0 Å². The number of esters is 1. The fourth-order valence-corrected chi connectivity index (χ4v) is 3.93. The second kappa shape index (κ2) is 8.65. The lowest BCUT2D eigenvalue weighted by Gasteiger charge is -2.07. The number of rotatable bonds is 7. The molecule has 0 saturated carbocycles. The summed E-state index contributed by atoms with van der Waals surface area (Å²) in [7, 11) is 1.32. The highest BCUT2D eigenvalue weighted by Crippen LogP contribution is 2.27. The van der Waals surface area contributed by atoms with Crippen LogP contribution in [0.3, 0.4) is 0 Å². The standard InChI is InChI=1S/C21H24N4O3S/c1-6-14-7-9-15(10-8-14)19-23-21(25-24-19)29-13(4)18(26)17-11(2)16(12(3)22-17)20(27)28-5/h7-10,13,22H,6H2,1-5H3,(H,23,24,25)/t13-/m1/s1. The van der Waals surface area contributed by atoms with Crippen molar-refractivity contribution >= 4 is 23.5 Å². The van der Waals surface area contributed by atoms with Crippen LogP contribution in [0.5, 0.6) is 0 Å². The maximum atomic E-state index is 12.9. The number of carbonyl (C=O) groups is 2. The van der Waals surface area contributed by atoms with Crippen molar-refractivity contribution in [1.29, 1.82) is 0 Å². The Kier molecular flexibility index (Phi) is 6.22. The van der Waals surface area contributed by atoms with Crippen LogP contribution in [0, 0.1) is 13.8 Å². The van der Waals surface area contributed by atoms with Gasteiger partial charge in [0.05, 0.1) is 23.6 Å². The average Bonchev–Trinajstić information content (AvgIpc) is 3.31. The molecular weight excluding hydrogens is 388 g/mol. The van der Waals surface area contributed by atoms with Gasteiger partial charge in [-0.2, -0.15) is 0 Å².